The summed E-state index contributed by atoms with van der Waals surface area (Å²) in [6.45, 7) is 11.9. The largest absolute Gasteiger partial charge is 0.393 e. The Morgan fingerprint density at radius 2 is 0.579 bits per heavy atom. The van der Waals surface area contributed by atoms with E-state index in [0.717, 1.165) is 38.5 Å². The van der Waals surface area contributed by atoms with Crippen LogP contribution in [0, 0.1) is 0 Å². The van der Waals surface area contributed by atoms with Gasteiger partial charge in [-0.1, -0.05) is 49.0 Å². The molecule has 0 saturated heterocycles. The summed E-state index contributed by atoms with van der Waals surface area (Å²) in [5.41, 5.74) is 0. The molecule has 0 atom stereocenters. The van der Waals surface area contributed by atoms with Gasteiger partial charge in [0, 0.05) is 0 Å². The van der Waals surface area contributed by atoms with Gasteiger partial charge in [-0.05, 0) is 38.5 Å². The first kappa shape index (κ1) is 27.3. The lowest BCUT2D eigenvalue weighted by molar-refractivity contribution is 0.166. The molecular weight excluding hydrogens is 240 g/mol. The average molecular weight is 280 g/mol. The maximum absolute atomic E-state index is 8.67. The van der Waals surface area contributed by atoms with Crippen LogP contribution in [0.1, 0.15) is 87.5 Å². The van der Waals surface area contributed by atoms with Gasteiger partial charge in [-0.3, -0.25) is 0 Å². The van der Waals surface area contributed by atoms with Gasteiger partial charge >= 0.3 is 0 Å². The van der Waals surface area contributed by atoms with Gasteiger partial charge in [-0.15, -0.1) is 0 Å². The molecule has 0 aromatic carbocycles. The van der Waals surface area contributed by atoms with Crippen molar-refractivity contribution in [2.75, 3.05) is 0 Å². The molecular formula is C16H40O3. The molecule has 0 aliphatic heterocycles. The minimum atomic E-state index is -0.0648. The molecule has 3 N–H and O–H groups in total. The van der Waals surface area contributed by atoms with Crippen LogP contribution in [0.5, 0.6) is 0 Å². The van der Waals surface area contributed by atoms with Crippen LogP contribution in [0.3, 0.4) is 0 Å². The van der Waals surface area contributed by atoms with Crippen LogP contribution >= 0.6 is 0 Å². The first-order valence-corrected chi connectivity index (χ1v) is 7.47. The molecule has 0 aromatic heterocycles. The molecule has 19 heavy (non-hydrogen) atoms. The molecule has 3 heteroatoms. The van der Waals surface area contributed by atoms with Crippen molar-refractivity contribution in [1.29, 1.82) is 0 Å². The second kappa shape index (κ2) is 23.0. The molecule has 0 aromatic rings. The normalized spacial score (nSPS) is 9.47. The average Bonchev–Trinajstić information content (AvgIpc) is 2.45. The zero-order chi connectivity index (χ0) is 15.0. The second-order valence-electron chi connectivity index (χ2n) is 4.41. The molecule has 0 amide bonds. The van der Waals surface area contributed by atoms with Crippen LogP contribution in [-0.2, 0) is 0 Å². The molecule has 122 valence electrons. The van der Waals surface area contributed by atoms with Crippen molar-refractivity contribution in [1.82, 2.24) is 0 Å². The highest BCUT2D eigenvalue weighted by molar-refractivity contribution is 4.44. The van der Waals surface area contributed by atoms with Gasteiger partial charge in [0.15, 0.2) is 0 Å². The van der Waals surface area contributed by atoms with Crippen molar-refractivity contribution in [2.24, 2.45) is 0 Å². The van der Waals surface area contributed by atoms with Gasteiger partial charge in [0.1, 0.15) is 0 Å². The van der Waals surface area contributed by atoms with E-state index in [4.69, 9.17) is 15.3 Å². The van der Waals surface area contributed by atoms with Gasteiger partial charge in [0.2, 0.25) is 0 Å². The Balaban J connectivity index is -0.0000000865. The van der Waals surface area contributed by atoms with Crippen LogP contribution < -0.4 is 0 Å². The highest BCUT2D eigenvalue weighted by atomic mass is 16.3. The summed E-state index contributed by atoms with van der Waals surface area (Å²) in [5, 5.41) is 26.0. The highest BCUT2D eigenvalue weighted by Crippen LogP contribution is 1.93. The fourth-order valence-corrected chi connectivity index (χ4v) is 0.866. The SMILES string of the molecule is C.CCC(O)CC.CCC(O)CC.CCC(O)CC. The van der Waals surface area contributed by atoms with Gasteiger partial charge in [-0.25, -0.2) is 0 Å². The van der Waals surface area contributed by atoms with Gasteiger partial charge in [0.05, 0.1) is 18.3 Å². The van der Waals surface area contributed by atoms with Crippen molar-refractivity contribution in [3.8, 4) is 0 Å². The zero-order valence-electron chi connectivity index (χ0n) is 13.3. The lowest BCUT2D eigenvalue weighted by atomic mass is 10.2. The third-order valence-electron chi connectivity index (χ3n) is 2.83. The number of rotatable bonds is 6. The molecule has 0 aliphatic carbocycles. The van der Waals surface area contributed by atoms with Crippen LogP contribution in [0.25, 0.3) is 0 Å². The third kappa shape index (κ3) is 31.9. The Morgan fingerprint density at radius 3 is 0.579 bits per heavy atom. The topological polar surface area (TPSA) is 60.7 Å². The standard InChI is InChI=1S/3C5H12O.CH4/c3*1-3-5(6)4-2;/h3*5-6H,3-4H2,1-2H3;1H4. The van der Waals surface area contributed by atoms with E-state index >= 15 is 0 Å². The smallest absolute Gasteiger partial charge is 0.0535 e. The molecule has 0 rings (SSSR count). The molecule has 0 saturated carbocycles. The summed E-state index contributed by atoms with van der Waals surface area (Å²) in [5.74, 6) is 0. The summed E-state index contributed by atoms with van der Waals surface area (Å²) in [6.07, 6.45) is 5.12. The van der Waals surface area contributed by atoms with Crippen molar-refractivity contribution in [3.05, 3.63) is 0 Å². The molecule has 0 heterocycles. The Morgan fingerprint density at radius 1 is 0.474 bits per heavy atom. The van der Waals surface area contributed by atoms with E-state index in [2.05, 4.69) is 0 Å². The third-order valence-corrected chi connectivity index (χ3v) is 2.83. The van der Waals surface area contributed by atoms with Crippen LogP contribution in [0.15, 0.2) is 0 Å². The van der Waals surface area contributed by atoms with E-state index in [9.17, 15) is 0 Å². The van der Waals surface area contributed by atoms with Gasteiger partial charge in [0.25, 0.3) is 0 Å². The Hall–Kier alpha value is -0.120. The fourth-order valence-electron chi connectivity index (χ4n) is 0.866. The van der Waals surface area contributed by atoms with Crippen molar-refractivity contribution in [3.63, 3.8) is 0 Å². The summed E-state index contributed by atoms with van der Waals surface area (Å²) >= 11 is 0. The van der Waals surface area contributed by atoms with E-state index in [-0.39, 0.29) is 25.7 Å². The lowest BCUT2D eigenvalue weighted by Crippen LogP contribution is -1.99. The fraction of sp³-hybridized carbons (Fsp3) is 1.00. The summed E-state index contributed by atoms with van der Waals surface area (Å²) < 4.78 is 0. The van der Waals surface area contributed by atoms with E-state index in [1.165, 1.54) is 0 Å². The Kier molecular flexibility index (Phi) is 33.0. The molecule has 0 bridgehead atoms. The molecule has 0 spiro atoms. The molecule has 0 unspecified atom stereocenters. The summed E-state index contributed by atoms with van der Waals surface area (Å²) in [7, 11) is 0. The number of aliphatic hydroxyl groups is 3. The predicted octanol–water partition coefficient (Wildman–Crippen LogP) is 4.14. The molecule has 0 radical (unpaired) electrons. The van der Waals surface area contributed by atoms with Crippen LogP contribution in [0.4, 0.5) is 0 Å². The molecule has 3 nitrogen and oxygen atoms in total. The van der Waals surface area contributed by atoms with E-state index in [1.807, 2.05) is 41.5 Å². The number of hydrogen-bond acceptors (Lipinski definition) is 3. The lowest BCUT2D eigenvalue weighted by Gasteiger charge is -1.98. The number of hydrogen-bond donors (Lipinski definition) is 3. The Bertz CT molecular complexity index is 93.4. The maximum Gasteiger partial charge on any atom is 0.0535 e. The first-order valence-electron chi connectivity index (χ1n) is 7.47. The van der Waals surface area contributed by atoms with Crippen molar-refractivity contribution >= 4 is 0 Å². The van der Waals surface area contributed by atoms with E-state index in [1.54, 1.807) is 0 Å². The number of aliphatic hydroxyl groups excluding tert-OH is 3. The van der Waals surface area contributed by atoms with Crippen molar-refractivity contribution in [2.45, 2.75) is 106 Å². The van der Waals surface area contributed by atoms with E-state index < -0.39 is 0 Å². The van der Waals surface area contributed by atoms with E-state index in [0.29, 0.717) is 0 Å². The minimum Gasteiger partial charge on any atom is -0.393 e. The quantitative estimate of drug-likeness (QED) is 0.685. The summed E-state index contributed by atoms with van der Waals surface area (Å²) in [6, 6.07) is 0. The van der Waals surface area contributed by atoms with Crippen LogP contribution in [-0.4, -0.2) is 33.6 Å². The second-order valence-corrected chi connectivity index (χ2v) is 4.41. The minimum absolute atomic E-state index is 0. The highest BCUT2D eigenvalue weighted by Gasteiger charge is 1.91. The monoisotopic (exact) mass is 280 g/mol. The zero-order valence-corrected chi connectivity index (χ0v) is 13.3. The maximum atomic E-state index is 8.67. The van der Waals surface area contributed by atoms with Crippen molar-refractivity contribution < 1.29 is 15.3 Å². The molecule has 0 aliphatic rings. The Labute approximate surface area is 122 Å². The summed E-state index contributed by atoms with van der Waals surface area (Å²) in [4.78, 5) is 0. The van der Waals surface area contributed by atoms with Gasteiger partial charge in [-0.2, -0.15) is 0 Å². The predicted molar refractivity (Wildman–Crippen MR) is 86.5 cm³/mol. The molecule has 0 fully saturated rings. The van der Waals surface area contributed by atoms with Crippen LogP contribution in [0.2, 0.25) is 0 Å². The first-order chi connectivity index (χ1) is 8.42. The van der Waals surface area contributed by atoms with Gasteiger partial charge < -0.3 is 15.3 Å².